The lowest BCUT2D eigenvalue weighted by atomic mass is 10.1. The standard InChI is InChI=1S/C28H28N4O2/c33-28(15-14-22-10-7-13-26(18-22)34-21-23-8-3-1-4-9-23)31-17-16-25(19-31)32-20-27(29-30-32)24-11-5-2-6-12-24/h1-13,18,20,25H,14-17,19,21H2. The van der Waals surface area contributed by atoms with E-state index in [9.17, 15) is 4.79 Å². The van der Waals surface area contributed by atoms with Crippen molar-refractivity contribution in [2.24, 2.45) is 0 Å². The van der Waals surface area contributed by atoms with Gasteiger partial charge in [-0.25, -0.2) is 4.68 Å². The Labute approximate surface area is 199 Å². The Morgan fingerprint density at radius 2 is 1.71 bits per heavy atom. The molecule has 1 fully saturated rings. The lowest BCUT2D eigenvalue weighted by Crippen LogP contribution is -2.29. The highest BCUT2D eigenvalue weighted by atomic mass is 16.5. The maximum Gasteiger partial charge on any atom is 0.222 e. The molecule has 6 heteroatoms. The molecule has 1 saturated heterocycles. The summed E-state index contributed by atoms with van der Waals surface area (Å²) in [7, 11) is 0. The van der Waals surface area contributed by atoms with Gasteiger partial charge in [0.05, 0.1) is 12.2 Å². The van der Waals surface area contributed by atoms with Crippen molar-refractivity contribution in [1.29, 1.82) is 0 Å². The van der Waals surface area contributed by atoms with Crippen LogP contribution in [0.4, 0.5) is 0 Å². The van der Waals surface area contributed by atoms with Gasteiger partial charge in [0.25, 0.3) is 0 Å². The number of aromatic nitrogens is 3. The summed E-state index contributed by atoms with van der Waals surface area (Å²) in [5.74, 6) is 1.01. The predicted molar refractivity (Wildman–Crippen MR) is 131 cm³/mol. The minimum Gasteiger partial charge on any atom is -0.489 e. The van der Waals surface area contributed by atoms with Crippen molar-refractivity contribution in [2.75, 3.05) is 13.1 Å². The number of benzene rings is 3. The molecule has 4 aromatic rings. The number of ether oxygens (including phenoxy) is 1. The minimum atomic E-state index is 0.170. The van der Waals surface area contributed by atoms with Gasteiger partial charge < -0.3 is 9.64 Å². The fraction of sp³-hybridized carbons (Fsp3) is 0.250. The molecule has 3 aromatic carbocycles. The largest absolute Gasteiger partial charge is 0.489 e. The van der Waals surface area contributed by atoms with Crippen LogP contribution in [0, 0.1) is 0 Å². The van der Waals surface area contributed by atoms with Crippen LogP contribution in [-0.4, -0.2) is 38.9 Å². The Kier molecular flexibility index (Phi) is 6.66. The summed E-state index contributed by atoms with van der Waals surface area (Å²) in [6, 6.07) is 28.3. The van der Waals surface area contributed by atoms with Crippen LogP contribution >= 0.6 is 0 Å². The molecule has 172 valence electrons. The Morgan fingerprint density at radius 3 is 2.53 bits per heavy atom. The van der Waals surface area contributed by atoms with Crippen LogP contribution in [-0.2, 0) is 17.8 Å². The molecule has 2 heterocycles. The third kappa shape index (κ3) is 5.34. The fourth-order valence-corrected chi connectivity index (χ4v) is 4.32. The van der Waals surface area contributed by atoms with Gasteiger partial charge in [-0.05, 0) is 36.1 Å². The van der Waals surface area contributed by atoms with Crippen LogP contribution in [0.15, 0.2) is 91.1 Å². The van der Waals surface area contributed by atoms with Crippen LogP contribution in [0.1, 0.15) is 30.0 Å². The van der Waals surface area contributed by atoms with Crippen molar-refractivity contribution in [3.63, 3.8) is 0 Å². The number of rotatable bonds is 8. The summed E-state index contributed by atoms with van der Waals surface area (Å²) < 4.78 is 7.83. The van der Waals surface area contributed by atoms with E-state index in [1.54, 1.807) is 0 Å². The van der Waals surface area contributed by atoms with Gasteiger partial charge in [0.1, 0.15) is 18.1 Å². The predicted octanol–water partition coefficient (Wildman–Crippen LogP) is 4.93. The Morgan fingerprint density at radius 1 is 0.941 bits per heavy atom. The van der Waals surface area contributed by atoms with Crippen LogP contribution in [0.2, 0.25) is 0 Å². The van der Waals surface area contributed by atoms with E-state index in [1.807, 2.05) is 94.6 Å². The van der Waals surface area contributed by atoms with E-state index in [4.69, 9.17) is 4.74 Å². The van der Waals surface area contributed by atoms with Crippen molar-refractivity contribution in [1.82, 2.24) is 19.9 Å². The second-order valence-electron chi connectivity index (χ2n) is 8.65. The van der Waals surface area contributed by atoms with Crippen molar-refractivity contribution >= 4 is 5.91 Å². The zero-order valence-electron chi connectivity index (χ0n) is 19.1. The summed E-state index contributed by atoms with van der Waals surface area (Å²) in [4.78, 5) is 14.8. The highest BCUT2D eigenvalue weighted by Gasteiger charge is 2.28. The van der Waals surface area contributed by atoms with Gasteiger partial charge in [0, 0.05) is 25.1 Å². The average Bonchev–Trinajstić information content (AvgIpc) is 3.58. The number of nitrogens with zero attached hydrogens (tertiary/aromatic N) is 4. The van der Waals surface area contributed by atoms with Crippen LogP contribution in [0.25, 0.3) is 11.3 Å². The third-order valence-electron chi connectivity index (χ3n) is 6.24. The first-order valence-electron chi connectivity index (χ1n) is 11.8. The molecule has 0 N–H and O–H groups in total. The lowest BCUT2D eigenvalue weighted by molar-refractivity contribution is -0.130. The summed E-state index contributed by atoms with van der Waals surface area (Å²) in [6.07, 6.45) is 4.06. The molecule has 34 heavy (non-hydrogen) atoms. The quantitative estimate of drug-likeness (QED) is 0.380. The monoisotopic (exact) mass is 452 g/mol. The third-order valence-corrected chi connectivity index (χ3v) is 6.24. The molecule has 1 unspecified atom stereocenters. The maximum atomic E-state index is 12.9. The summed E-state index contributed by atoms with van der Waals surface area (Å²) in [6.45, 7) is 1.97. The number of hydrogen-bond acceptors (Lipinski definition) is 4. The first-order chi connectivity index (χ1) is 16.7. The van der Waals surface area contributed by atoms with Gasteiger partial charge in [0.2, 0.25) is 5.91 Å². The summed E-state index contributed by atoms with van der Waals surface area (Å²) in [5.41, 5.74) is 4.16. The Hall–Kier alpha value is -3.93. The van der Waals surface area contributed by atoms with Crippen molar-refractivity contribution < 1.29 is 9.53 Å². The van der Waals surface area contributed by atoms with E-state index in [0.29, 0.717) is 26.0 Å². The topological polar surface area (TPSA) is 60.2 Å². The Balaban J connectivity index is 1.12. The molecule has 0 aliphatic carbocycles. The molecular formula is C28H28N4O2. The minimum absolute atomic E-state index is 0.170. The highest BCUT2D eigenvalue weighted by Crippen LogP contribution is 2.24. The van der Waals surface area contributed by atoms with Gasteiger partial charge in [-0.15, -0.1) is 5.10 Å². The van der Waals surface area contributed by atoms with E-state index in [2.05, 4.69) is 16.4 Å². The normalized spacial score (nSPS) is 15.4. The summed E-state index contributed by atoms with van der Waals surface area (Å²) >= 11 is 0. The number of carbonyl (C=O) groups is 1. The van der Waals surface area contributed by atoms with E-state index >= 15 is 0 Å². The maximum absolute atomic E-state index is 12.9. The van der Waals surface area contributed by atoms with Crippen molar-refractivity contribution in [2.45, 2.75) is 31.9 Å². The highest BCUT2D eigenvalue weighted by molar-refractivity contribution is 5.76. The molecular weight excluding hydrogens is 424 g/mol. The van der Waals surface area contributed by atoms with Gasteiger partial charge in [-0.1, -0.05) is 78.0 Å². The van der Waals surface area contributed by atoms with Gasteiger partial charge >= 0.3 is 0 Å². The van der Waals surface area contributed by atoms with Crippen molar-refractivity contribution in [3.05, 3.63) is 102 Å². The van der Waals surface area contributed by atoms with Gasteiger partial charge in [-0.3, -0.25) is 4.79 Å². The van der Waals surface area contributed by atoms with Crippen LogP contribution in [0.3, 0.4) is 0 Å². The SMILES string of the molecule is O=C(CCc1cccc(OCc2ccccc2)c1)N1CCC(n2cc(-c3ccccc3)nn2)C1. The molecule has 0 saturated carbocycles. The van der Waals surface area contributed by atoms with E-state index in [-0.39, 0.29) is 11.9 Å². The molecule has 0 spiro atoms. The smallest absolute Gasteiger partial charge is 0.222 e. The number of amides is 1. The molecule has 0 radical (unpaired) electrons. The first kappa shape index (κ1) is 21.9. The van der Waals surface area contributed by atoms with E-state index in [1.165, 1.54) is 0 Å². The van der Waals surface area contributed by atoms with Gasteiger partial charge in [-0.2, -0.15) is 0 Å². The average molecular weight is 453 g/mol. The molecule has 0 bridgehead atoms. The zero-order chi connectivity index (χ0) is 23.2. The van der Waals surface area contributed by atoms with Crippen LogP contribution in [0.5, 0.6) is 5.75 Å². The molecule has 5 rings (SSSR count). The molecule has 1 aliphatic heterocycles. The number of carbonyl (C=O) groups excluding carboxylic acids is 1. The Bertz CT molecular complexity index is 1220. The van der Waals surface area contributed by atoms with Crippen molar-refractivity contribution in [3.8, 4) is 17.0 Å². The zero-order valence-corrected chi connectivity index (χ0v) is 19.1. The van der Waals surface area contributed by atoms with Crippen LogP contribution < -0.4 is 4.74 Å². The molecule has 1 amide bonds. The molecule has 1 atom stereocenters. The second-order valence-corrected chi connectivity index (χ2v) is 8.65. The lowest BCUT2D eigenvalue weighted by Gasteiger charge is -2.16. The van der Waals surface area contributed by atoms with E-state index < -0.39 is 0 Å². The van der Waals surface area contributed by atoms with E-state index in [0.717, 1.165) is 41.1 Å². The molecule has 1 aromatic heterocycles. The molecule has 1 aliphatic rings. The summed E-state index contributed by atoms with van der Waals surface area (Å²) in [5, 5.41) is 8.64. The number of hydrogen-bond donors (Lipinski definition) is 0. The molecule has 6 nitrogen and oxygen atoms in total. The fourth-order valence-electron chi connectivity index (χ4n) is 4.32. The number of aryl methyl sites for hydroxylation is 1. The van der Waals surface area contributed by atoms with Gasteiger partial charge in [0.15, 0.2) is 0 Å². The first-order valence-corrected chi connectivity index (χ1v) is 11.8. The second kappa shape index (κ2) is 10.3. The number of likely N-dealkylation sites (tertiary alicyclic amines) is 1.